The molecule has 6 nitrogen and oxygen atoms in total. The number of carbonyl (C=O) groups excluding carboxylic acids is 1. The second-order valence-electron chi connectivity index (χ2n) is 6.03. The minimum atomic E-state index is -0.131. The zero-order valence-electron chi connectivity index (χ0n) is 14.2. The number of hydrogen-bond donors (Lipinski definition) is 1. The molecule has 8 heteroatoms. The molecule has 1 saturated carbocycles. The molecule has 1 aliphatic rings. The van der Waals surface area contributed by atoms with E-state index in [0.29, 0.717) is 16.5 Å². The summed E-state index contributed by atoms with van der Waals surface area (Å²) >= 11 is 2.76. The summed E-state index contributed by atoms with van der Waals surface area (Å²) in [4.78, 5) is 12.2. The molecule has 2 aromatic heterocycles. The highest BCUT2D eigenvalue weighted by Crippen LogP contribution is 2.33. The van der Waals surface area contributed by atoms with Gasteiger partial charge < -0.3 is 9.88 Å². The van der Waals surface area contributed by atoms with Gasteiger partial charge in [0.1, 0.15) is 16.9 Å². The smallest absolute Gasteiger partial charge is 0.235 e. The third-order valence-electron chi connectivity index (χ3n) is 4.40. The lowest BCUT2D eigenvalue weighted by Gasteiger charge is -2.21. The van der Waals surface area contributed by atoms with Gasteiger partial charge in [0, 0.05) is 12.5 Å². The van der Waals surface area contributed by atoms with Gasteiger partial charge in [0.25, 0.3) is 0 Å². The molecule has 132 valence electrons. The van der Waals surface area contributed by atoms with Crippen LogP contribution in [0.25, 0.3) is 0 Å². The van der Waals surface area contributed by atoms with Crippen molar-refractivity contribution in [2.24, 2.45) is 0 Å². The molecule has 2 heterocycles. The summed E-state index contributed by atoms with van der Waals surface area (Å²) in [5, 5.41) is 23.7. The summed E-state index contributed by atoms with van der Waals surface area (Å²) in [5.74, 6) is 1.68. The zero-order chi connectivity index (χ0) is 17.6. The Morgan fingerprint density at radius 1 is 1.44 bits per heavy atom. The molecule has 25 heavy (non-hydrogen) atoms. The maximum absolute atomic E-state index is 12.2. The maximum atomic E-state index is 12.2. The molecule has 0 atom stereocenters. The molecule has 1 N–H and O–H groups in total. The Labute approximate surface area is 155 Å². The van der Waals surface area contributed by atoms with E-state index in [1.165, 1.54) is 55.2 Å². The minimum Gasteiger partial charge on any atom is -0.316 e. The van der Waals surface area contributed by atoms with Crippen LogP contribution in [0.4, 0.5) is 5.00 Å². The quantitative estimate of drug-likeness (QED) is 0.771. The Hall–Kier alpha value is -1.85. The third-order valence-corrected chi connectivity index (χ3v) is 6.20. The van der Waals surface area contributed by atoms with Crippen molar-refractivity contribution in [3.63, 3.8) is 0 Å². The number of aromatic nitrogens is 3. The van der Waals surface area contributed by atoms with Crippen molar-refractivity contribution in [3.05, 3.63) is 22.8 Å². The van der Waals surface area contributed by atoms with Crippen molar-refractivity contribution in [1.82, 2.24) is 14.8 Å². The zero-order valence-corrected chi connectivity index (χ0v) is 15.8. The van der Waals surface area contributed by atoms with Crippen LogP contribution in [0.5, 0.6) is 0 Å². The summed E-state index contributed by atoms with van der Waals surface area (Å²) in [6, 6.07) is 3.78. The summed E-state index contributed by atoms with van der Waals surface area (Å²) < 4.78 is 2.14. The fraction of sp³-hybridized carbons (Fsp3) is 0.529. The number of anilines is 1. The summed E-state index contributed by atoms with van der Waals surface area (Å²) in [6.07, 6.45) is 6.19. The monoisotopic (exact) mass is 375 g/mol. The van der Waals surface area contributed by atoms with Gasteiger partial charge in [-0.25, -0.2) is 0 Å². The van der Waals surface area contributed by atoms with E-state index < -0.39 is 0 Å². The summed E-state index contributed by atoms with van der Waals surface area (Å²) in [6.45, 7) is 2.90. The summed E-state index contributed by atoms with van der Waals surface area (Å²) in [5.41, 5.74) is 0.500. The Kier molecular flexibility index (Phi) is 6.10. The molecule has 2 aromatic rings. The van der Waals surface area contributed by atoms with E-state index in [9.17, 15) is 4.79 Å². The lowest BCUT2D eigenvalue weighted by atomic mass is 9.89. The molecule has 1 aliphatic carbocycles. The molecule has 0 bridgehead atoms. The van der Waals surface area contributed by atoms with Crippen molar-refractivity contribution in [3.8, 4) is 6.07 Å². The van der Waals surface area contributed by atoms with Gasteiger partial charge in [0.15, 0.2) is 5.16 Å². The van der Waals surface area contributed by atoms with Crippen LogP contribution in [0.15, 0.2) is 16.6 Å². The van der Waals surface area contributed by atoms with Crippen molar-refractivity contribution < 1.29 is 4.79 Å². The van der Waals surface area contributed by atoms with Crippen molar-refractivity contribution in [1.29, 1.82) is 5.26 Å². The van der Waals surface area contributed by atoms with Crippen LogP contribution in [0, 0.1) is 11.3 Å². The van der Waals surface area contributed by atoms with Crippen molar-refractivity contribution in [2.75, 3.05) is 11.1 Å². The van der Waals surface area contributed by atoms with Gasteiger partial charge in [-0.15, -0.1) is 21.5 Å². The molecule has 0 saturated heterocycles. The standard InChI is InChI=1S/C17H21N5OS2/c1-2-22-15(12-6-4-3-5-7-12)20-21-17(22)25-11-14(23)19-16-13(10-18)8-9-24-16/h8-9,12H,2-7,11H2,1H3,(H,19,23). The first-order valence-corrected chi connectivity index (χ1v) is 10.4. The number of thiophene rings is 1. The fourth-order valence-corrected chi connectivity index (χ4v) is 4.72. The molecule has 3 rings (SSSR count). The Morgan fingerprint density at radius 3 is 2.96 bits per heavy atom. The molecule has 1 fully saturated rings. The molecule has 0 radical (unpaired) electrons. The summed E-state index contributed by atoms with van der Waals surface area (Å²) in [7, 11) is 0. The average molecular weight is 376 g/mol. The van der Waals surface area contributed by atoms with Crippen LogP contribution < -0.4 is 5.32 Å². The molecule has 0 aliphatic heterocycles. The predicted octanol–water partition coefficient (Wildman–Crippen LogP) is 4.01. The van der Waals surface area contributed by atoms with Crippen molar-refractivity contribution >= 4 is 34.0 Å². The van der Waals surface area contributed by atoms with E-state index in [4.69, 9.17) is 5.26 Å². The molecule has 1 amide bonds. The van der Waals surface area contributed by atoms with Crippen LogP contribution in [-0.2, 0) is 11.3 Å². The van der Waals surface area contributed by atoms with Gasteiger partial charge in [0.05, 0.1) is 11.3 Å². The minimum absolute atomic E-state index is 0.131. The van der Waals surface area contributed by atoms with Crippen LogP contribution in [0.2, 0.25) is 0 Å². The maximum Gasteiger partial charge on any atom is 0.235 e. The molecule has 0 spiro atoms. The number of nitriles is 1. The number of amides is 1. The predicted molar refractivity (Wildman–Crippen MR) is 99.9 cm³/mol. The second kappa shape index (κ2) is 8.50. The Balaban J connectivity index is 1.62. The van der Waals surface area contributed by atoms with Crippen LogP contribution in [0.3, 0.4) is 0 Å². The van der Waals surface area contributed by atoms with E-state index in [-0.39, 0.29) is 11.7 Å². The molecule has 0 unspecified atom stereocenters. The number of hydrogen-bond acceptors (Lipinski definition) is 6. The highest BCUT2D eigenvalue weighted by Gasteiger charge is 2.23. The lowest BCUT2D eigenvalue weighted by Crippen LogP contribution is -2.15. The fourth-order valence-electron chi connectivity index (χ4n) is 3.15. The molecular weight excluding hydrogens is 354 g/mol. The van der Waals surface area contributed by atoms with Crippen LogP contribution >= 0.6 is 23.1 Å². The Bertz CT molecular complexity index is 770. The number of rotatable bonds is 6. The largest absolute Gasteiger partial charge is 0.316 e. The van der Waals surface area contributed by atoms with E-state index in [1.54, 1.807) is 11.4 Å². The van der Waals surface area contributed by atoms with Crippen molar-refractivity contribution in [2.45, 2.75) is 56.6 Å². The SMILES string of the molecule is CCn1c(SCC(=O)Nc2sccc2C#N)nnc1C1CCCCC1. The van der Waals surface area contributed by atoms with E-state index in [2.05, 4.69) is 33.1 Å². The van der Waals surface area contributed by atoms with Crippen LogP contribution in [-0.4, -0.2) is 26.4 Å². The first kappa shape index (κ1) is 18.0. The Morgan fingerprint density at radius 2 is 2.24 bits per heavy atom. The topological polar surface area (TPSA) is 83.6 Å². The van der Waals surface area contributed by atoms with E-state index in [0.717, 1.165) is 17.5 Å². The average Bonchev–Trinajstić information content (AvgIpc) is 3.26. The van der Waals surface area contributed by atoms with Gasteiger partial charge >= 0.3 is 0 Å². The first-order valence-electron chi connectivity index (χ1n) is 8.56. The number of thioether (sulfide) groups is 1. The van der Waals surface area contributed by atoms with Gasteiger partial charge in [-0.2, -0.15) is 5.26 Å². The van der Waals surface area contributed by atoms with Gasteiger partial charge in [0.2, 0.25) is 5.91 Å². The third kappa shape index (κ3) is 4.22. The normalized spacial score (nSPS) is 15.0. The van der Waals surface area contributed by atoms with Crippen LogP contribution in [0.1, 0.15) is 56.3 Å². The highest BCUT2D eigenvalue weighted by atomic mass is 32.2. The van der Waals surface area contributed by atoms with Gasteiger partial charge in [-0.05, 0) is 31.2 Å². The first-order chi connectivity index (χ1) is 12.2. The highest BCUT2D eigenvalue weighted by molar-refractivity contribution is 7.99. The number of nitrogens with zero attached hydrogens (tertiary/aromatic N) is 4. The number of nitrogens with one attached hydrogen (secondary N) is 1. The van der Waals surface area contributed by atoms with Gasteiger partial charge in [-0.1, -0.05) is 31.0 Å². The van der Waals surface area contributed by atoms with E-state index >= 15 is 0 Å². The second-order valence-corrected chi connectivity index (χ2v) is 7.89. The molecule has 0 aromatic carbocycles. The molecular formula is C17H21N5OS2. The van der Waals surface area contributed by atoms with E-state index in [1.807, 2.05) is 0 Å². The number of carbonyl (C=O) groups is 1. The van der Waals surface area contributed by atoms with Gasteiger partial charge in [-0.3, -0.25) is 4.79 Å². The lowest BCUT2D eigenvalue weighted by molar-refractivity contribution is -0.113.